The summed E-state index contributed by atoms with van der Waals surface area (Å²) < 4.78 is 57.3. The minimum Gasteiger partial charge on any atom is -0.478 e. The Morgan fingerprint density at radius 2 is 1.35 bits per heavy atom. The first-order chi connectivity index (χ1) is 16.1. The maximum Gasteiger partial charge on any atom is 0.335 e. The Morgan fingerprint density at radius 1 is 0.765 bits per heavy atom. The van der Waals surface area contributed by atoms with Crippen LogP contribution in [-0.4, -0.2) is 39.4 Å². The van der Waals surface area contributed by atoms with Crippen LogP contribution < -0.4 is 4.72 Å². The van der Waals surface area contributed by atoms with Gasteiger partial charge in [0.2, 0.25) is 5.78 Å². The number of carbonyl (C=O) groups is 2. The van der Waals surface area contributed by atoms with Crippen molar-refractivity contribution in [3.63, 3.8) is 0 Å². The zero-order valence-electron chi connectivity index (χ0n) is 17.2. The number of nitrogens with zero attached hydrogens (tertiary/aromatic N) is 1. The lowest BCUT2D eigenvalue weighted by Crippen LogP contribution is -2.31. The smallest absolute Gasteiger partial charge is 0.335 e. The summed E-state index contributed by atoms with van der Waals surface area (Å²) in [5, 5.41) is 9.01. The lowest BCUT2D eigenvalue weighted by atomic mass is 9.93. The second-order valence-corrected chi connectivity index (χ2v) is 10.4. The average Bonchev–Trinajstić information content (AvgIpc) is 2.82. The van der Waals surface area contributed by atoms with E-state index in [0.717, 1.165) is 30.3 Å². The van der Waals surface area contributed by atoms with E-state index in [1.165, 1.54) is 36.4 Å². The molecule has 0 spiro atoms. The van der Waals surface area contributed by atoms with Crippen molar-refractivity contribution in [2.45, 2.75) is 9.79 Å². The summed E-state index contributed by atoms with van der Waals surface area (Å²) >= 11 is 0. The van der Waals surface area contributed by atoms with Gasteiger partial charge in [0.05, 0.1) is 26.8 Å². The first-order valence-corrected chi connectivity index (χ1v) is 12.6. The lowest BCUT2D eigenvalue weighted by molar-refractivity contribution is 0.0696. The number of benzene rings is 3. The number of hydrogen-bond donors (Lipinski definition) is 2. The van der Waals surface area contributed by atoms with Gasteiger partial charge in [-0.05, 0) is 42.5 Å². The maximum absolute atomic E-state index is 13.0. The Bertz CT molecular complexity index is 1570. The van der Waals surface area contributed by atoms with Gasteiger partial charge >= 0.3 is 5.97 Å². The first kappa shape index (κ1) is 23.1. The molecule has 0 amide bonds. The van der Waals surface area contributed by atoms with Crippen molar-refractivity contribution >= 4 is 37.5 Å². The van der Waals surface area contributed by atoms with Crippen LogP contribution in [0.4, 0.5) is 0 Å². The molecule has 4 rings (SSSR count). The van der Waals surface area contributed by atoms with Crippen LogP contribution in [0.1, 0.15) is 26.3 Å². The molecule has 2 N–H and O–H groups in total. The standard InChI is InChI=1S/C23H16N2O7S2/c26-22-19-9-5-4-8-18(19)20(14-21(22)25-33(29,30)16-6-2-1-3-7-16)24-34(31,32)17-12-10-15(11-13-17)23(27)28/h1-14,25H,(H,27,28)/b24-20+. The van der Waals surface area contributed by atoms with E-state index >= 15 is 0 Å². The molecular formula is C23H16N2O7S2. The van der Waals surface area contributed by atoms with Gasteiger partial charge in [0.15, 0.2) is 0 Å². The van der Waals surface area contributed by atoms with Crippen LogP contribution in [0.15, 0.2) is 105 Å². The predicted octanol–water partition coefficient (Wildman–Crippen LogP) is 2.62. The fraction of sp³-hybridized carbons (Fsp3) is 0. The van der Waals surface area contributed by atoms with E-state index in [9.17, 15) is 26.4 Å². The quantitative estimate of drug-likeness (QED) is 0.533. The van der Waals surface area contributed by atoms with E-state index in [4.69, 9.17) is 5.11 Å². The Kier molecular flexibility index (Phi) is 5.90. The van der Waals surface area contributed by atoms with Gasteiger partial charge in [0.1, 0.15) is 0 Å². The molecule has 0 fully saturated rings. The topological polar surface area (TPSA) is 147 Å². The maximum atomic E-state index is 13.0. The zero-order chi connectivity index (χ0) is 24.5. The SMILES string of the molecule is O=C(O)c1ccc(S(=O)(=O)/N=C2\C=C(NS(=O)(=O)c3ccccc3)C(=O)c3ccccc32)cc1. The highest BCUT2D eigenvalue weighted by atomic mass is 32.2. The third-order valence-corrected chi connectivity index (χ3v) is 7.58. The number of carbonyl (C=O) groups excluding carboxylic acids is 1. The Hall–Kier alpha value is -4.09. The lowest BCUT2D eigenvalue weighted by Gasteiger charge is -2.18. The normalized spacial score (nSPS) is 14.9. The molecule has 0 heterocycles. The average molecular weight is 497 g/mol. The molecule has 0 aliphatic heterocycles. The highest BCUT2D eigenvalue weighted by Crippen LogP contribution is 2.24. The van der Waals surface area contributed by atoms with E-state index in [1.807, 2.05) is 0 Å². The minimum atomic E-state index is -4.32. The van der Waals surface area contributed by atoms with Crippen molar-refractivity contribution in [2.75, 3.05) is 0 Å². The summed E-state index contributed by atoms with van der Waals surface area (Å²) in [5.74, 6) is -1.86. The third kappa shape index (κ3) is 4.51. The predicted molar refractivity (Wildman–Crippen MR) is 123 cm³/mol. The third-order valence-electron chi connectivity index (χ3n) is 4.89. The molecule has 0 saturated carbocycles. The second kappa shape index (κ2) is 8.69. The summed E-state index contributed by atoms with van der Waals surface area (Å²) in [6.45, 7) is 0. The van der Waals surface area contributed by atoms with E-state index in [-0.39, 0.29) is 37.9 Å². The van der Waals surface area contributed by atoms with Gasteiger partial charge in [-0.25, -0.2) is 13.2 Å². The Balaban J connectivity index is 1.80. The molecule has 0 unspecified atom stereocenters. The molecule has 1 aliphatic rings. The van der Waals surface area contributed by atoms with Crippen LogP contribution in [0.3, 0.4) is 0 Å². The monoisotopic (exact) mass is 496 g/mol. The Labute approximate surface area is 195 Å². The van der Waals surface area contributed by atoms with Crippen LogP contribution in [0.5, 0.6) is 0 Å². The summed E-state index contributed by atoms with van der Waals surface area (Å²) in [6, 6.07) is 17.9. The van der Waals surface area contributed by atoms with Gasteiger partial charge in [-0.3, -0.25) is 9.52 Å². The van der Waals surface area contributed by atoms with Crippen LogP contribution >= 0.6 is 0 Å². The van der Waals surface area contributed by atoms with Crippen molar-refractivity contribution in [1.82, 2.24) is 4.72 Å². The summed E-state index contributed by atoms with van der Waals surface area (Å²) in [5.41, 5.74) is -0.328. The summed E-state index contributed by atoms with van der Waals surface area (Å²) in [4.78, 5) is 23.6. The van der Waals surface area contributed by atoms with Crippen LogP contribution in [0.25, 0.3) is 0 Å². The molecular weight excluding hydrogens is 480 g/mol. The number of carboxylic acid groups (broad SMARTS) is 1. The van der Waals surface area contributed by atoms with Crippen molar-refractivity contribution in [2.24, 2.45) is 4.40 Å². The molecule has 11 heteroatoms. The zero-order valence-corrected chi connectivity index (χ0v) is 18.9. The number of Topliss-reactive ketones (excluding diaryl/α,β-unsaturated/α-hetero) is 1. The fourth-order valence-electron chi connectivity index (χ4n) is 3.24. The number of nitrogens with one attached hydrogen (secondary N) is 1. The number of ketones is 1. The first-order valence-electron chi connectivity index (χ1n) is 9.70. The van der Waals surface area contributed by atoms with Crippen LogP contribution in [0, 0.1) is 0 Å². The van der Waals surface area contributed by atoms with E-state index in [1.54, 1.807) is 18.2 Å². The summed E-state index contributed by atoms with van der Waals surface area (Å²) in [6.07, 6.45) is 1.06. The number of carboxylic acids is 1. The molecule has 0 aromatic heterocycles. The number of rotatable bonds is 6. The largest absolute Gasteiger partial charge is 0.478 e. The van der Waals surface area contributed by atoms with Crippen LogP contribution in [-0.2, 0) is 20.0 Å². The minimum absolute atomic E-state index is 0.0749. The van der Waals surface area contributed by atoms with Crippen molar-refractivity contribution in [3.8, 4) is 0 Å². The molecule has 1 aliphatic carbocycles. The molecule has 0 radical (unpaired) electrons. The van der Waals surface area contributed by atoms with E-state index < -0.39 is 31.8 Å². The van der Waals surface area contributed by atoms with Gasteiger partial charge in [0.25, 0.3) is 20.0 Å². The van der Waals surface area contributed by atoms with Gasteiger partial charge in [-0.2, -0.15) is 12.8 Å². The number of aromatic carboxylic acids is 1. The van der Waals surface area contributed by atoms with Crippen molar-refractivity contribution in [1.29, 1.82) is 0 Å². The molecule has 3 aromatic rings. The number of hydrogen-bond acceptors (Lipinski definition) is 6. The molecule has 34 heavy (non-hydrogen) atoms. The Morgan fingerprint density at radius 3 is 1.97 bits per heavy atom. The van der Waals surface area contributed by atoms with E-state index in [2.05, 4.69) is 9.12 Å². The molecule has 0 bridgehead atoms. The highest BCUT2D eigenvalue weighted by Gasteiger charge is 2.29. The number of allylic oxidation sites excluding steroid dienone is 2. The molecule has 9 nitrogen and oxygen atoms in total. The van der Waals surface area contributed by atoms with E-state index in [0.29, 0.717) is 0 Å². The molecule has 172 valence electrons. The van der Waals surface area contributed by atoms with Gasteiger partial charge in [-0.15, -0.1) is 0 Å². The van der Waals surface area contributed by atoms with Gasteiger partial charge in [0, 0.05) is 11.1 Å². The number of sulfonamides is 2. The fourth-order valence-corrected chi connectivity index (χ4v) is 5.31. The molecule has 0 saturated heterocycles. The van der Waals surface area contributed by atoms with Crippen molar-refractivity contribution < 1.29 is 31.5 Å². The summed E-state index contributed by atoms with van der Waals surface area (Å²) in [7, 11) is -8.45. The van der Waals surface area contributed by atoms with Crippen LogP contribution in [0.2, 0.25) is 0 Å². The molecule has 3 aromatic carbocycles. The molecule has 0 atom stereocenters. The van der Waals surface area contributed by atoms with Gasteiger partial charge < -0.3 is 5.11 Å². The van der Waals surface area contributed by atoms with Gasteiger partial charge in [-0.1, -0.05) is 42.5 Å². The number of fused-ring (bicyclic) bond motifs is 1. The second-order valence-electron chi connectivity index (χ2n) is 7.13. The highest BCUT2D eigenvalue weighted by molar-refractivity contribution is 7.90. The van der Waals surface area contributed by atoms with Crippen molar-refractivity contribution in [3.05, 3.63) is 107 Å².